The molecule has 0 saturated carbocycles. The zero-order valence-electron chi connectivity index (χ0n) is 12.3. The molecule has 1 aliphatic heterocycles. The van der Waals surface area contributed by atoms with Crippen molar-refractivity contribution >= 4 is 17.5 Å². The largest absolute Gasteiger partial charge is 0.399 e. The Morgan fingerprint density at radius 3 is 2.57 bits per heavy atom. The Kier molecular flexibility index (Phi) is 5.60. The summed E-state index contributed by atoms with van der Waals surface area (Å²) in [5.74, 6) is 0.104. The lowest BCUT2D eigenvalue weighted by atomic mass is 10.1. The van der Waals surface area contributed by atoms with E-state index in [1.807, 2.05) is 29.2 Å². The number of nitrogens with two attached hydrogens (primary N) is 1. The van der Waals surface area contributed by atoms with Gasteiger partial charge in [-0.15, -0.1) is 0 Å². The van der Waals surface area contributed by atoms with Gasteiger partial charge in [0.2, 0.25) is 11.8 Å². The highest BCUT2D eigenvalue weighted by Crippen LogP contribution is 2.12. The first-order valence-electron chi connectivity index (χ1n) is 7.54. The van der Waals surface area contributed by atoms with E-state index in [9.17, 15) is 9.59 Å². The van der Waals surface area contributed by atoms with Crippen LogP contribution in [0.15, 0.2) is 24.3 Å². The number of nitrogens with one attached hydrogen (secondary N) is 1. The van der Waals surface area contributed by atoms with Gasteiger partial charge in [-0.1, -0.05) is 18.2 Å². The molecular weight excluding hydrogens is 266 g/mol. The fraction of sp³-hybridized carbons (Fsp3) is 0.500. The van der Waals surface area contributed by atoms with Crippen LogP contribution in [-0.2, 0) is 16.0 Å². The molecule has 5 nitrogen and oxygen atoms in total. The molecule has 0 bridgehead atoms. The standard InChI is InChI=1S/C16H23N3O2/c17-14-6-2-1-5-13(14)7-8-15(20)18-10-9-16(21)19-11-3-4-12-19/h1-2,5-6H,3-4,7-12,17H2,(H,18,20). The zero-order valence-corrected chi connectivity index (χ0v) is 12.3. The van der Waals surface area contributed by atoms with Crippen LogP contribution in [0.1, 0.15) is 31.2 Å². The number of anilines is 1. The second-order valence-electron chi connectivity index (χ2n) is 5.39. The third-order valence-corrected chi connectivity index (χ3v) is 3.80. The van der Waals surface area contributed by atoms with E-state index in [4.69, 9.17) is 5.73 Å². The first-order chi connectivity index (χ1) is 10.2. The lowest BCUT2D eigenvalue weighted by molar-refractivity contribution is -0.130. The monoisotopic (exact) mass is 289 g/mol. The van der Waals surface area contributed by atoms with Crippen LogP contribution in [0.4, 0.5) is 5.69 Å². The Hall–Kier alpha value is -2.04. The fourth-order valence-corrected chi connectivity index (χ4v) is 2.53. The number of hydrogen-bond acceptors (Lipinski definition) is 3. The number of likely N-dealkylation sites (tertiary alicyclic amines) is 1. The van der Waals surface area contributed by atoms with E-state index in [0.29, 0.717) is 25.8 Å². The number of hydrogen-bond donors (Lipinski definition) is 2. The van der Waals surface area contributed by atoms with Gasteiger partial charge in [0.05, 0.1) is 0 Å². The Labute approximate surface area is 125 Å². The number of nitrogens with zero attached hydrogens (tertiary/aromatic N) is 1. The second-order valence-corrected chi connectivity index (χ2v) is 5.39. The third kappa shape index (κ3) is 4.77. The van der Waals surface area contributed by atoms with E-state index in [1.54, 1.807) is 0 Å². The van der Waals surface area contributed by atoms with Gasteiger partial charge in [-0.3, -0.25) is 9.59 Å². The summed E-state index contributed by atoms with van der Waals surface area (Å²) in [6.07, 6.45) is 3.59. The van der Waals surface area contributed by atoms with Crippen molar-refractivity contribution in [3.63, 3.8) is 0 Å². The molecule has 1 heterocycles. The van der Waals surface area contributed by atoms with Crippen molar-refractivity contribution in [3.05, 3.63) is 29.8 Å². The van der Waals surface area contributed by atoms with Gasteiger partial charge in [0, 0.05) is 38.2 Å². The van der Waals surface area contributed by atoms with Gasteiger partial charge in [-0.25, -0.2) is 0 Å². The number of nitrogen functional groups attached to an aromatic ring is 1. The number of benzene rings is 1. The molecule has 3 N–H and O–H groups in total. The van der Waals surface area contributed by atoms with Gasteiger partial charge in [-0.05, 0) is 30.9 Å². The van der Waals surface area contributed by atoms with Crippen molar-refractivity contribution in [2.24, 2.45) is 0 Å². The first kappa shape index (κ1) is 15.4. The zero-order chi connectivity index (χ0) is 15.1. The van der Waals surface area contributed by atoms with Crippen LogP contribution >= 0.6 is 0 Å². The van der Waals surface area contributed by atoms with Crippen LogP contribution in [0.3, 0.4) is 0 Å². The third-order valence-electron chi connectivity index (χ3n) is 3.80. The molecular formula is C16H23N3O2. The molecule has 1 aliphatic rings. The minimum Gasteiger partial charge on any atom is -0.399 e. The van der Waals surface area contributed by atoms with Gasteiger partial charge in [0.25, 0.3) is 0 Å². The summed E-state index contributed by atoms with van der Waals surface area (Å²) in [5, 5.41) is 2.80. The number of aryl methyl sites for hydroxylation is 1. The summed E-state index contributed by atoms with van der Waals surface area (Å²) >= 11 is 0. The summed E-state index contributed by atoms with van der Waals surface area (Å²) < 4.78 is 0. The van der Waals surface area contributed by atoms with E-state index in [2.05, 4.69) is 5.32 Å². The predicted octanol–water partition coefficient (Wildman–Crippen LogP) is 1.33. The minimum absolute atomic E-state index is 0.0347. The van der Waals surface area contributed by atoms with E-state index in [0.717, 1.165) is 37.2 Å². The maximum atomic E-state index is 11.8. The molecule has 0 aromatic heterocycles. The Morgan fingerprint density at radius 1 is 1.14 bits per heavy atom. The minimum atomic E-state index is -0.0347. The predicted molar refractivity (Wildman–Crippen MR) is 82.6 cm³/mol. The molecule has 2 rings (SSSR count). The molecule has 0 radical (unpaired) electrons. The van der Waals surface area contributed by atoms with Crippen molar-refractivity contribution in [1.82, 2.24) is 10.2 Å². The van der Waals surface area contributed by atoms with Gasteiger partial charge < -0.3 is 16.0 Å². The molecule has 2 amide bonds. The molecule has 0 spiro atoms. The average Bonchev–Trinajstić information content (AvgIpc) is 3.00. The van der Waals surface area contributed by atoms with Crippen molar-refractivity contribution in [3.8, 4) is 0 Å². The van der Waals surface area contributed by atoms with Crippen molar-refractivity contribution < 1.29 is 9.59 Å². The van der Waals surface area contributed by atoms with Gasteiger partial charge in [0.15, 0.2) is 0 Å². The van der Waals surface area contributed by atoms with Crippen molar-refractivity contribution in [2.75, 3.05) is 25.4 Å². The summed E-state index contributed by atoms with van der Waals surface area (Å²) in [6, 6.07) is 7.56. The molecule has 1 aromatic rings. The number of carbonyl (C=O) groups excluding carboxylic acids is 2. The maximum Gasteiger partial charge on any atom is 0.224 e. The Balaban J connectivity index is 1.63. The average molecular weight is 289 g/mol. The van der Waals surface area contributed by atoms with E-state index >= 15 is 0 Å². The second kappa shape index (κ2) is 7.67. The smallest absolute Gasteiger partial charge is 0.224 e. The quantitative estimate of drug-likeness (QED) is 0.776. The number of amides is 2. The first-order valence-corrected chi connectivity index (χ1v) is 7.54. The fourth-order valence-electron chi connectivity index (χ4n) is 2.53. The van der Waals surface area contributed by atoms with E-state index < -0.39 is 0 Å². The van der Waals surface area contributed by atoms with Crippen LogP contribution < -0.4 is 11.1 Å². The molecule has 21 heavy (non-hydrogen) atoms. The summed E-state index contributed by atoms with van der Waals surface area (Å²) in [7, 11) is 0. The molecule has 5 heteroatoms. The van der Waals surface area contributed by atoms with Crippen LogP contribution in [0.2, 0.25) is 0 Å². The molecule has 1 saturated heterocycles. The highest BCUT2D eigenvalue weighted by molar-refractivity contribution is 5.79. The maximum absolute atomic E-state index is 11.8. The van der Waals surface area contributed by atoms with Gasteiger partial charge in [-0.2, -0.15) is 0 Å². The highest BCUT2D eigenvalue weighted by Gasteiger charge is 2.17. The lowest BCUT2D eigenvalue weighted by Crippen LogP contribution is -2.32. The van der Waals surface area contributed by atoms with Gasteiger partial charge >= 0.3 is 0 Å². The van der Waals surface area contributed by atoms with Crippen LogP contribution in [-0.4, -0.2) is 36.3 Å². The van der Waals surface area contributed by atoms with Crippen molar-refractivity contribution in [1.29, 1.82) is 0 Å². The van der Waals surface area contributed by atoms with E-state index in [-0.39, 0.29) is 11.8 Å². The molecule has 0 unspecified atom stereocenters. The summed E-state index contributed by atoms with van der Waals surface area (Å²) in [4.78, 5) is 25.4. The normalized spacial score (nSPS) is 14.2. The van der Waals surface area contributed by atoms with E-state index in [1.165, 1.54) is 0 Å². The molecule has 1 aromatic carbocycles. The highest BCUT2D eigenvalue weighted by atomic mass is 16.2. The molecule has 114 valence electrons. The van der Waals surface area contributed by atoms with Gasteiger partial charge in [0.1, 0.15) is 0 Å². The number of carbonyl (C=O) groups is 2. The number of para-hydroxylation sites is 1. The topological polar surface area (TPSA) is 75.4 Å². The Morgan fingerprint density at radius 2 is 1.86 bits per heavy atom. The molecule has 0 atom stereocenters. The SMILES string of the molecule is Nc1ccccc1CCC(=O)NCCC(=O)N1CCCC1. The van der Waals surface area contributed by atoms with Crippen LogP contribution in [0.25, 0.3) is 0 Å². The molecule has 0 aliphatic carbocycles. The number of rotatable bonds is 6. The lowest BCUT2D eigenvalue weighted by Gasteiger charge is -2.15. The Bertz CT molecular complexity index is 496. The van der Waals surface area contributed by atoms with Crippen LogP contribution in [0, 0.1) is 0 Å². The summed E-state index contributed by atoms with van der Waals surface area (Å²) in [5.41, 5.74) is 7.54. The van der Waals surface area contributed by atoms with Crippen molar-refractivity contribution in [2.45, 2.75) is 32.1 Å². The summed E-state index contributed by atoms with van der Waals surface area (Å²) in [6.45, 7) is 2.14. The van der Waals surface area contributed by atoms with Crippen LogP contribution in [0.5, 0.6) is 0 Å². The molecule has 1 fully saturated rings.